The molecule has 0 amide bonds. The Morgan fingerprint density at radius 1 is 1.48 bits per heavy atom. The molecular weight excluding hydrogens is 352 g/mol. The topological polar surface area (TPSA) is 81.6 Å². The average molecular weight is 370 g/mol. The van der Waals surface area contributed by atoms with Gasteiger partial charge in [-0.2, -0.15) is 8.78 Å². The summed E-state index contributed by atoms with van der Waals surface area (Å²) in [5, 5.41) is 9.10. The van der Waals surface area contributed by atoms with Gasteiger partial charge >= 0.3 is 12.6 Å². The Morgan fingerprint density at radius 3 is 2.57 bits per heavy atom. The quantitative estimate of drug-likeness (QED) is 0.719. The number of ether oxygens (including phenoxy) is 1. The van der Waals surface area contributed by atoms with E-state index in [2.05, 4.69) is 9.46 Å². The summed E-state index contributed by atoms with van der Waals surface area (Å²) in [6, 6.07) is 3.03. The molecule has 0 bridgehead atoms. The number of carboxylic acids is 1. The molecule has 9 heteroatoms. The first-order chi connectivity index (χ1) is 10.5. The van der Waals surface area contributed by atoms with Crippen LogP contribution in [0.4, 0.5) is 8.78 Å². The van der Waals surface area contributed by atoms with E-state index in [1.54, 1.807) is 20.8 Å². The highest BCUT2D eigenvalue weighted by Crippen LogP contribution is 2.36. The van der Waals surface area contributed by atoms with E-state index >= 15 is 0 Å². The second kappa shape index (κ2) is 8.14. The number of carbonyl (C=O) groups is 1. The average Bonchev–Trinajstić information content (AvgIpc) is 2.35. The van der Waals surface area contributed by atoms with Crippen LogP contribution in [0.2, 0.25) is 5.02 Å². The fourth-order valence-electron chi connectivity index (χ4n) is 1.74. The van der Waals surface area contributed by atoms with E-state index < -0.39 is 41.2 Å². The highest BCUT2D eigenvalue weighted by Gasteiger charge is 2.33. The third-order valence-electron chi connectivity index (χ3n) is 2.76. The minimum Gasteiger partial charge on any atom is -0.598 e. The molecule has 0 aromatic heterocycles. The van der Waals surface area contributed by atoms with E-state index in [0.29, 0.717) is 0 Å². The molecule has 0 aliphatic carbocycles. The van der Waals surface area contributed by atoms with Gasteiger partial charge in [0.05, 0.1) is 12.5 Å². The zero-order valence-corrected chi connectivity index (χ0v) is 14.4. The van der Waals surface area contributed by atoms with Crippen LogP contribution in [0.1, 0.15) is 38.8 Å². The first-order valence-electron chi connectivity index (χ1n) is 6.65. The summed E-state index contributed by atoms with van der Waals surface area (Å²) in [7, 11) is 0. The van der Waals surface area contributed by atoms with Gasteiger partial charge in [-0.15, -0.1) is 4.72 Å². The number of halogens is 3. The molecule has 2 atom stereocenters. The largest absolute Gasteiger partial charge is 0.598 e. The third kappa shape index (κ3) is 6.14. The number of hydrogen-bond donors (Lipinski definition) is 2. The molecule has 0 heterocycles. The van der Waals surface area contributed by atoms with Crippen molar-refractivity contribution in [2.75, 3.05) is 0 Å². The molecule has 23 heavy (non-hydrogen) atoms. The van der Waals surface area contributed by atoms with Crippen LogP contribution in [0.15, 0.2) is 18.2 Å². The van der Waals surface area contributed by atoms with Crippen LogP contribution < -0.4 is 9.46 Å². The molecule has 130 valence electrons. The molecular formula is C14H18ClF2NO4S. The molecule has 1 aromatic carbocycles. The zero-order chi connectivity index (χ0) is 17.8. The minimum atomic E-state index is -3.09. The second-order valence-corrected chi connectivity index (χ2v) is 8.08. The molecule has 0 saturated heterocycles. The number of hydrogen-bond acceptors (Lipinski definition) is 4. The van der Waals surface area contributed by atoms with Crippen LogP contribution in [0.5, 0.6) is 5.75 Å². The van der Waals surface area contributed by atoms with Gasteiger partial charge in [-0.3, -0.25) is 4.79 Å². The normalized spacial score (nSPS) is 14.6. The van der Waals surface area contributed by atoms with E-state index in [4.69, 9.17) is 16.7 Å². The third-order valence-corrected chi connectivity index (χ3v) is 4.70. The Hall–Kier alpha value is -1.09. The van der Waals surface area contributed by atoms with Crippen LogP contribution in [0, 0.1) is 0 Å². The number of carboxylic acid groups (broad SMARTS) is 1. The lowest BCUT2D eigenvalue weighted by atomic mass is 10.0. The van der Waals surface area contributed by atoms with E-state index in [0.717, 1.165) is 0 Å². The van der Waals surface area contributed by atoms with Crippen molar-refractivity contribution < 1.29 is 28.0 Å². The number of nitrogens with one attached hydrogen (secondary N) is 1. The van der Waals surface area contributed by atoms with Crippen LogP contribution in [-0.2, 0) is 16.2 Å². The maximum atomic E-state index is 12.5. The summed E-state index contributed by atoms with van der Waals surface area (Å²) >= 11 is 4.40. The molecule has 1 rings (SSSR count). The van der Waals surface area contributed by atoms with Crippen molar-refractivity contribution in [2.24, 2.45) is 0 Å². The zero-order valence-electron chi connectivity index (χ0n) is 12.8. The molecule has 1 aromatic rings. The smallest absolute Gasteiger partial charge is 0.387 e. The van der Waals surface area contributed by atoms with Crippen molar-refractivity contribution in [3.8, 4) is 5.75 Å². The summed E-state index contributed by atoms with van der Waals surface area (Å²) in [5.41, 5.74) is 0.0365. The van der Waals surface area contributed by atoms with Gasteiger partial charge in [0.1, 0.15) is 10.5 Å². The Morgan fingerprint density at radius 2 is 2.09 bits per heavy atom. The predicted octanol–water partition coefficient (Wildman–Crippen LogP) is 3.51. The summed E-state index contributed by atoms with van der Waals surface area (Å²) < 4.78 is 43.7. The van der Waals surface area contributed by atoms with Crippen LogP contribution in [0.3, 0.4) is 0 Å². The monoisotopic (exact) mass is 369 g/mol. The maximum Gasteiger partial charge on any atom is 0.387 e. The highest BCUT2D eigenvalue weighted by molar-refractivity contribution is 7.90. The van der Waals surface area contributed by atoms with E-state index in [9.17, 15) is 18.1 Å². The Balaban J connectivity index is 3.23. The lowest BCUT2D eigenvalue weighted by molar-refractivity contribution is -0.137. The molecule has 0 aliphatic rings. The van der Waals surface area contributed by atoms with Crippen molar-refractivity contribution >= 4 is 28.9 Å². The molecule has 0 spiro atoms. The fraction of sp³-hybridized carbons (Fsp3) is 0.500. The SMILES string of the molecule is CC(C)(C)[S@+]([O-])NC(CC(=O)O)c1c(Cl)cccc1OC(F)F. The van der Waals surface area contributed by atoms with Gasteiger partial charge in [-0.05, 0) is 32.9 Å². The molecule has 0 radical (unpaired) electrons. The Bertz CT molecular complexity index is 554. The first-order valence-corrected chi connectivity index (χ1v) is 8.18. The molecule has 1 unspecified atom stereocenters. The summed E-state index contributed by atoms with van der Waals surface area (Å²) in [4.78, 5) is 11.1. The van der Waals surface area contributed by atoms with Crippen LogP contribution in [0.25, 0.3) is 0 Å². The maximum absolute atomic E-state index is 12.5. The van der Waals surface area contributed by atoms with Gasteiger partial charge in [0.2, 0.25) is 0 Å². The Kier molecular flexibility index (Phi) is 7.06. The lowest BCUT2D eigenvalue weighted by Gasteiger charge is -2.28. The lowest BCUT2D eigenvalue weighted by Crippen LogP contribution is -2.42. The minimum absolute atomic E-state index is 0.0365. The Labute approximate surface area is 141 Å². The highest BCUT2D eigenvalue weighted by atomic mass is 35.5. The van der Waals surface area contributed by atoms with Gasteiger partial charge in [-0.1, -0.05) is 17.7 Å². The van der Waals surface area contributed by atoms with Gasteiger partial charge in [0.15, 0.2) is 0 Å². The van der Waals surface area contributed by atoms with E-state index in [1.165, 1.54) is 18.2 Å². The van der Waals surface area contributed by atoms with Gasteiger partial charge in [-0.25, -0.2) is 0 Å². The fourth-order valence-corrected chi connectivity index (χ4v) is 2.85. The molecule has 0 fully saturated rings. The van der Waals surface area contributed by atoms with Crippen molar-refractivity contribution in [1.82, 2.24) is 4.72 Å². The van der Waals surface area contributed by atoms with Crippen molar-refractivity contribution in [2.45, 2.75) is 44.6 Å². The van der Waals surface area contributed by atoms with Gasteiger partial charge < -0.3 is 14.4 Å². The van der Waals surface area contributed by atoms with Gasteiger partial charge in [0, 0.05) is 21.9 Å². The van der Waals surface area contributed by atoms with Crippen molar-refractivity contribution in [3.05, 3.63) is 28.8 Å². The standard InChI is InChI=1S/C14H18ClF2NO4S/c1-14(2,3)23(21)18-9(7-11(19)20)12-8(15)5-4-6-10(12)22-13(16)17/h4-6,9,13,18H,7H2,1-3H3,(H,19,20)/t9?,23-/m0/s1. The van der Waals surface area contributed by atoms with Crippen LogP contribution >= 0.6 is 11.6 Å². The number of alkyl halides is 2. The summed E-state index contributed by atoms with van der Waals surface area (Å²) in [5.74, 6) is -1.45. The number of aliphatic carboxylic acids is 1. The second-order valence-electron chi connectivity index (χ2n) is 5.68. The molecule has 5 nitrogen and oxygen atoms in total. The van der Waals surface area contributed by atoms with Crippen molar-refractivity contribution in [1.29, 1.82) is 0 Å². The van der Waals surface area contributed by atoms with Crippen LogP contribution in [-0.4, -0.2) is 27.0 Å². The first kappa shape index (κ1) is 20.0. The van der Waals surface area contributed by atoms with Crippen molar-refractivity contribution in [3.63, 3.8) is 0 Å². The molecule has 2 N–H and O–H groups in total. The summed E-state index contributed by atoms with van der Waals surface area (Å²) in [6.45, 7) is 1.98. The van der Waals surface area contributed by atoms with Gasteiger partial charge in [0.25, 0.3) is 0 Å². The van der Waals surface area contributed by atoms with E-state index in [1.807, 2.05) is 0 Å². The summed E-state index contributed by atoms with van der Waals surface area (Å²) in [6.07, 6.45) is -0.495. The predicted molar refractivity (Wildman–Crippen MR) is 84.1 cm³/mol. The number of rotatable bonds is 7. The molecule has 0 saturated carbocycles. The molecule has 0 aliphatic heterocycles. The van der Waals surface area contributed by atoms with E-state index in [-0.39, 0.29) is 16.3 Å². The number of benzene rings is 1.